The average molecular weight is 533 g/mol. The number of methoxy groups -OCH3 is 2. The van der Waals surface area contributed by atoms with Crippen molar-refractivity contribution in [1.29, 1.82) is 0 Å². The molecule has 0 radical (unpaired) electrons. The Bertz CT molecular complexity index is 1600. The molecular formula is C28H29FN6O4. The number of hydrogen-bond donors (Lipinski definition) is 1. The lowest BCUT2D eigenvalue weighted by molar-refractivity contribution is 0.161. The van der Waals surface area contributed by atoms with E-state index in [1.54, 1.807) is 43.4 Å². The van der Waals surface area contributed by atoms with Gasteiger partial charge in [-0.1, -0.05) is 19.1 Å². The van der Waals surface area contributed by atoms with Crippen molar-refractivity contribution in [2.45, 2.75) is 39.0 Å². The minimum atomic E-state index is -0.310. The molecule has 2 aromatic carbocycles. The summed E-state index contributed by atoms with van der Waals surface area (Å²) in [7, 11) is 3.12. The number of aromatic nitrogens is 5. The third-order valence-electron chi connectivity index (χ3n) is 6.67. The number of nitrogens with one attached hydrogen (secondary N) is 1. The van der Waals surface area contributed by atoms with E-state index >= 15 is 0 Å². The van der Waals surface area contributed by atoms with Gasteiger partial charge in [-0.2, -0.15) is 0 Å². The lowest BCUT2D eigenvalue weighted by Crippen LogP contribution is -2.32. The Morgan fingerprint density at radius 2 is 1.85 bits per heavy atom. The fraction of sp³-hybridized carbons (Fsp3) is 0.286. The third kappa shape index (κ3) is 5.68. The monoisotopic (exact) mass is 532 g/mol. The molecule has 0 aliphatic carbocycles. The number of rotatable bonds is 11. The number of aromatic amines is 1. The van der Waals surface area contributed by atoms with Gasteiger partial charge in [-0.3, -0.25) is 9.69 Å². The normalized spacial score (nSPS) is 12.2. The number of halogens is 1. The van der Waals surface area contributed by atoms with Crippen LogP contribution >= 0.6 is 0 Å². The minimum absolute atomic E-state index is 0.219. The van der Waals surface area contributed by atoms with Crippen LogP contribution in [0.25, 0.3) is 10.9 Å². The van der Waals surface area contributed by atoms with Gasteiger partial charge < -0.3 is 18.9 Å². The molecule has 202 valence electrons. The molecule has 11 heteroatoms. The predicted molar refractivity (Wildman–Crippen MR) is 142 cm³/mol. The van der Waals surface area contributed by atoms with E-state index in [1.807, 2.05) is 31.2 Å². The third-order valence-corrected chi connectivity index (χ3v) is 6.67. The lowest BCUT2D eigenvalue weighted by atomic mass is 10.1. The second-order valence-electron chi connectivity index (χ2n) is 9.15. The summed E-state index contributed by atoms with van der Waals surface area (Å²) in [5, 5.41) is 13.3. The molecule has 5 rings (SSSR count). The Morgan fingerprint density at radius 3 is 2.54 bits per heavy atom. The summed E-state index contributed by atoms with van der Waals surface area (Å²) in [6.45, 7) is 3.14. The first-order valence-corrected chi connectivity index (χ1v) is 12.5. The number of nitrogens with zero attached hydrogens (tertiary/aromatic N) is 5. The van der Waals surface area contributed by atoms with E-state index in [9.17, 15) is 9.18 Å². The van der Waals surface area contributed by atoms with Gasteiger partial charge in [0.05, 0.1) is 32.0 Å². The van der Waals surface area contributed by atoms with Gasteiger partial charge in [-0.25, -0.2) is 9.07 Å². The lowest BCUT2D eigenvalue weighted by Gasteiger charge is -2.30. The maximum absolute atomic E-state index is 13.7. The van der Waals surface area contributed by atoms with Crippen molar-refractivity contribution in [3.8, 4) is 11.5 Å². The van der Waals surface area contributed by atoms with E-state index in [0.29, 0.717) is 54.5 Å². The van der Waals surface area contributed by atoms with Crippen LogP contribution < -0.4 is 15.0 Å². The van der Waals surface area contributed by atoms with Gasteiger partial charge in [0.15, 0.2) is 17.3 Å². The molecule has 39 heavy (non-hydrogen) atoms. The Morgan fingerprint density at radius 1 is 1.08 bits per heavy atom. The predicted octanol–water partition coefficient (Wildman–Crippen LogP) is 4.47. The van der Waals surface area contributed by atoms with E-state index in [4.69, 9.17) is 13.9 Å². The van der Waals surface area contributed by atoms with Crippen LogP contribution in [0.3, 0.4) is 0 Å². The van der Waals surface area contributed by atoms with Crippen LogP contribution in [0, 0.1) is 5.82 Å². The molecule has 0 saturated carbocycles. The fourth-order valence-corrected chi connectivity index (χ4v) is 4.73. The van der Waals surface area contributed by atoms with Gasteiger partial charge in [0, 0.05) is 30.1 Å². The molecule has 5 aromatic rings. The molecule has 10 nitrogen and oxygen atoms in total. The van der Waals surface area contributed by atoms with E-state index in [1.165, 1.54) is 12.1 Å². The Kier molecular flexibility index (Phi) is 7.69. The van der Waals surface area contributed by atoms with Crippen molar-refractivity contribution in [2.24, 2.45) is 0 Å². The highest BCUT2D eigenvalue weighted by Crippen LogP contribution is 2.32. The highest BCUT2D eigenvalue weighted by Gasteiger charge is 2.26. The smallest absolute Gasteiger partial charge is 0.252 e. The largest absolute Gasteiger partial charge is 0.493 e. The van der Waals surface area contributed by atoms with Gasteiger partial charge in [0.25, 0.3) is 5.56 Å². The van der Waals surface area contributed by atoms with E-state index in [2.05, 4.69) is 25.4 Å². The summed E-state index contributed by atoms with van der Waals surface area (Å²) in [6.07, 6.45) is 2.27. The Labute approximate surface area is 224 Å². The van der Waals surface area contributed by atoms with Gasteiger partial charge in [-0.05, 0) is 58.8 Å². The van der Waals surface area contributed by atoms with Gasteiger partial charge in [-0.15, -0.1) is 5.10 Å². The molecule has 1 atom stereocenters. The first-order chi connectivity index (χ1) is 19.0. The summed E-state index contributed by atoms with van der Waals surface area (Å²) in [5.74, 6) is 2.14. The van der Waals surface area contributed by atoms with Crippen LogP contribution in [0.4, 0.5) is 4.39 Å². The molecule has 0 aliphatic heterocycles. The highest BCUT2D eigenvalue weighted by atomic mass is 19.1. The van der Waals surface area contributed by atoms with Crippen molar-refractivity contribution in [1.82, 2.24) is 30.1 Å². The number of benzene rings is 2. The molecule has 1 N–H and O–H groups in total. The zero-order chi connectivity index (χ0) is 27.4. The van der Waals surface area contributed by atoms with Gasteiger partial charge in [0.1, 0.15) is 18.1 Å². The average Bonchev–Trinajstić information content (AvgIpc) is 3.63. The van der Waals surface area contributed by atoms with Crippen molar-refractivity contribution >= 4 is 10.9 Å². The standard InChI is InChI=1S/C28H29FN6O4/c1-4-24(27-31-32-33-35(27)17-22-6-5-11-39-22)34(15-18-7-9-21(29)10-8-18)16-20-12-19-13-25(37-2)26(38-3)14-23(19)30-28(20)36/h5-14,24H,4,15-17H2,1-3H3,(H,30,36)/t24-/m1/s1. The van der Waals surface area contributed by atoms with Crippen LogP contribution in [0.1, 0.15) is 42.1 Å². The van der Waals surface area contributed by atoms with E-state index in [0.717, 1.165) is 16.7 Å². The number of H-pyrrole nitrogens is 1. The van der Waals surface area contributed by atoms with Crippen molar-refractivity contribution in [2.75, 3.05) is 14.2 Å². The molecule has 3 heterocycles. The van der Waals surface area contributed by atoms with Crippen molar-refractivity contribution in [3.05, 3.63) is 99.7 Å². The van der Waals surface area contributed by atoms with Gasteiger partial charge in [0.2, 0.25) is 0 Å². The number of pyridine rings is 1. The van der Waals surface area contributed by atoms with Gasteiger partial charge >= 0.3 is 0 Å². The van der Waals surface area contributed by atoms with Crippen LogP contribution in [0.2, 0.25) is 0 Å². The second kappa shape index (κ2) is 11.5. The Balaban J connectivity index is 1.53. The van der Waals surface area contributed by atoms with Crippen LogP contribution in [0.5, 0.6) is 11.5 Å². The molecule has 0 saturated heterocycles. The van der Waals surface area contributed by atoms with Crippen molar-refractivity contribution < 1.29 is 18.3 Å². The maximum atomic E-state index is 13.7. The molecule has 0 aliphatic rings. The summed E-state index contributed by atoms with van der Waals surface area (Å²) in [5.41, 5.74) is 1.87. The SMILES string of the molecule is CC[C@H](c1nnnn1Cc1ccco1)N(Cc1ccc(F)cc1)Cc1cc2cc(OC)c(OC)cc2[nH]c1=O. The fourth-order valence-electron chi connectivity index (χ4n) is 4.73. The number of hydrogen-bond acceptors (Lipinski definition) is 8. The summed E-state index contributed by atoms with van der Waals surface area (Å²) in [6, 6.07) is 15.2. The first-order valence-electron chi connectivity index (χ1n) is 12.5. The maximum Gasteiger partial charge on any atom is 0.252 e. The summed E-state index contributed by atoms with van der Waals surface area (Å²) < 4.78 is 31.7. The zero-order valence-electron chi connectivity index (χ0n) is 21.9. The van der Waals surface area contributed by atoms with E-state index in [-0.39, 0.29) is 17.4 Å². The number of tetrazole rings is 1. The van der Waals surface area contributed by atoms with Crippen LogP contribution in [0.15, 0.2) is 70.1 Å². The van der Waals surface area contributed by atoms with Crippen LogP contribution in [-0.4, -0.2) is 44.3 Å². The number of ether oxygens (including phenoxy) is 2. The molecule has 0 bridgehead atoms. The number of fused-ring (bicyclic) bond motifs is 1. The quantitative estimate of drug-likeness (QED) is 0.265. The van der Waals surface area contributed by atoms with Crippen LogP contribution in [-0.2, 0) is 19.6 Å². The van der Waals surface area contributed by atoms with E-state index < -0.39 is 0 Å². The molecule has 0 unspecified atom stereocenters. The highest BCUT2D eigenvalue weighted by molar-refractivity contribution is 5.83. The zero-order valence-corrected chi connectivity index (χ0v) is 21.9. The summed E-state index contributed by atoms with van der Waals surface area (Å²) >= 11 is 0. The summed E-state index contributed by atoms with van der Waals surface area (Å²) in [4.78, 5) is 18.3. The molecule has 3 aromatic heterocycles. The van der Waals surface area contributed by atoms with Crippen molar-refractivity contribution in [3.63, 3.8) is 0 Å². The molecule has 0 spiro atoms. The topological polar surface area (TPSA) is 111 Å². The molecule has 0 amide bonds. The molecular weight excluding hydrogens is 503 g/mol. The Hall–Kier alpha value is -4.51. The first kappa shape index (κ1) is 26.1. The second-order valence-corrected chi connectivity index (χ2v) is 9.15. The molecule has 0 fully saturated rings. The number of furan rings is 1. The minimum Gasteiger partial charge on any atom is -0.493 e.